The van der Waals surface area contributed by atoms with Crippen LogP contribution in [0.25, 0.3) is 0 Å². The molecular formula is C36H49NO5. The third kappa shape index (κ3) is 4.90. The van der Waals surface area contributed by atoms with Crippen molar-refractivity contribution in [1.29, 1.82) is 0 Å². The maximum Gasteiger partial charge on any atom is 0.306 e. The zero-order valence-electron chi connectivity index (χ0n) is 25.8. The first-order valence-electron chi connectivity index (χ1n) is 16.6. The highest BCUT2D eigenvalue weighted by Gasteiger charge is 2.66. The monoisotopic (exact) mass is 575 g/mol. The van der Waals surface area contributed by atoms with Crippen molar-refractivity contribution in [1.82, 2.24) is 5.32 Å². The predicted molar refractivity (Wildman–Crippen MR) is 160 cm³/mol. The first-order valence-corrected chi connectivity index (χ1v) is 16.6. The standard InChI is InChI=1S/C36H49NO5/c1-23(10-13-32(41)42-36(15-7-18-37-19-17-36)24-8-5-4-6-9-24)27-11-12-28-33-29(22-31(40)35(27,28)3)34(2)16-14-26(38)20-25(34)21-30(33)39/h4-6,8-9,23,25,27-29,33,37H,7,10-22H2,1-3H3/t23-,25+,27-,28+,29+,33+,34+,35-,36?/m1/s1. The van der Waals surface area contributed by atoms with Gasteiger partial charge in [0.15, 0.2) is 0 Å². The Kier molecular flexibility index (Phi) is 8.00. The number of rotatable bonds is 6. The van der Waals surface area contributed by atoms with Crippen molar-refractivity contribution in [2.24, 2.45) is 46.3 Å². The third-order valence-corrected chi connectivity index (χ3v) is 13.0. The molecule has 228 valence electrons. The third-order valence-electron chi connectivity index (χ3n) is 13.0. The van der Waals surface area contributed by atoms with Gasteiger partial charge in [-0.1, -0.05) is 51.1 Å². The van der Waals surface area contributed by atoms with Crippen LogP contribution < -0.4 is 5.32 Å². The lowest BCUT2D eigenvalue weighted by Gasteiger charge is -2.58. The Hall–Kier alpha value is -2.34. The molecule has 0 spiro atoms. The topological polar surface area (TPSA) is 89.5 Å². The summed E-state index contributed by atoms with van der Waals surface area (Å²) in [5.74, 6) is 1.24. The molecule has 42 heavy (non-hydrogen) atoms. The second-order valence-corrected chi connectivity index (χ2v) is 14.9. The van der Waals surface area contributed by atoms with Crippen LogP contribution in [0, 0.1) is 46.3 Å². The first-order chi connectivity index (χ1) is 20.1. The lowest BCUT2D eigenvalue weighted by Crippen LogP contribution is -2.60. The number of Topliss-reactive ketones (excluding diaryl/α,β-unsaturated/α-hetero) is 3. The van der Waals surface area contributed by atoms with Gasteiger partial charge in [0.25, 0.3) is 0 Å². The molecule has 1 unspecified atom stereocenters. The summed E-state index contributed by atoms with van der Waals surface area (Å²) in [7, 11) is 0. The fourth-order valence-electron chi connectivity index (χ4n) is 10.4. The molecule has 1 saturated heterocycles. The summed E-state index contributed by atoms with van der Waals surface area (Å²) in [6.45, 7) is 8.34. The Labute approximate surface area is 251 Å². The van der Waals surface area contributed by atoms with Crippen molar-refractivity contribution in [3.05, 3.63) is 35.9 Å². The molecule has 6 heteroatoms. The molecule has 5 fully saturated rings. The van der Waals surface area contributed by atoms with Gasteiger partial charge in [-0.15, -0.1) is 0 Å². The summed E-state index contributed by atoms with van der Waals surface area (Å²) < 4.78 is 6.35. The number of fused-ring (bicyclic) bond motifs is 5. The lowest BCUT2D eigenvalue weighted by atomic mass is 9.44. The van der Waals surface area contributed by atoms with Crippen LogP contribution in [0.4, 0.5) is 0 Å². The fraction of sp³-hybridized carbons (Fsp3) is 0.722. The van der Waals surface area contributed by atoms with Crippen LogP contribution in [0.5, 0.6) is 0 Å². The van der Waals surface area contributed by atoms with Gasteiger partial charge >= 0.3 is 5.97 Å². The molecule has 5 aliphatic rings. The Bertz CT molecular complexity index is 1220. The molecule has 1 N–H and O–H groups in total. The lowest BCUT2D eigenvalue weighted by molar-refractivity contribution is -0.166. The summed E-state index contributed by atoms with van der Waals surface area (Å²) in [6.07, 6.45) is 8.24. The highest BCUT2D eigenvalue weighted by molar-refractivity contribution is 5.93. The summed E-state index contributed by atoms with van der Waals surface area (Å²) in [5.41, 5.74) is -0.146. The smallest absolute Gasteiger partial charge is 0.306 e. The average molecular weight is 576 g/mol. The van der Waals surface area contributed by atoms with Crippen LogP contribution in [0.2, 0.25) is 0 Å². The maximum absolute atomic E-state index is 14.1. The quantitative estimate of drug-likeness (QED) is 0.406. The molecule has 1 heterocycles. The zero-order valence-corrected chi connectivity index (χ0v) is 25.8. The number of esters is 1. The van der Waals surface area contributed by atoms with Crippen molar-refractivity contribution in [2.45, 2.75) is 103 Å². The predicted octanol–water partition coefficient (Wildman–Crippen LogP) is 6.20. The molecule has 6 rings (SSSR count). The molecule has 1 aromatic rings. The van der Waals surface area contributed by atoms with Crippen molar-refractivity contribution in [3.63, 3.8) is 0 Å². The number of nitrogens with one attached hydrogen (secondary N) is 1. The van der Waals surface area contributed by atoms with E-state index in [4.69, 9.17) is 4.74 Å². The molecule has 4 saturated carbocycles. The summed E-state index contributed by atoms with van der Waals surface area (Å²) in [4.78, 5) is 53.4. The van der Waals surface area contributed by atoms with Gasteiger partial charge in [0, 0.05) is 49.9 Å². The molecule has 0 bridgehead atoms. The Morgan fingerprint density at radius 2 is 1.76 bits per heavy atom. The number of carbonyl (C=O) groups is 4. The van der Waals surface area contributed by atoms with E-state index in [2.05, 4.69) is 38.2 Å². The van der Waals surface area contributed by atoms with Crippen molar-refractivity contribution < 1.29 is 23.9 Å². The van der Waals surface area contributed by atoms with E-state index in [0.717, 1.165) is 57.2 Å². The highest BCUT2D eigenvalue weighted by atomic mass is 16.6. The van der Waals surface area contributed by atoms with Crippen LogP contribution in [0.1, 0.15) is 103 Å². The van der Waals surface area contributed by atoms with Gasteiger partial charge in [0.05, 0.1) is 0 Å². The number of carbonyl (C=O) groups excluding carboxylic acids is 4. The summed E-state index contributed by atoms with van der Waals surface area (Å²) in [5, 5.41) is 3.45. The minimum atomic E-state index is -0.594. The largest absolute Gasteiger partial charge is 0.454 e. The molecule has 1 aromatic carbocycles. The molecule has 1 aliphatic heterocycles. The second kappa shape index (κ2) is 11.3. The first kappa shape index (κ1) is 29.7. The Morgan fingerprint density at radius 3 is 2.55 bits per heavy atom. The number of hydrogen-bond acceptors (Lipinski definition) is 6. The van der Waals surface area contributed by atoms with Crippen LogP contribution in [0.3, 0.4) is 0 Å². The molecule has 4 aliphatic carbocycles. The molecule has 9 atom stereocenters. The van der Waals surface area contributed by atoms with Gasteiger partial charge < -0.3 is 10.1 Å². The van der Waals surface area contributed by atoms with Gasteiger partial charge in [-0.3, -0.25) is 19.2 Å². The van der Waals surface area contributed by atoms with Gasteiger partial charge in [-0.2, -0.15) is 0 Å². The number of ether oxygens (including phenoxy) is 1. The van der Waals surface area contributed by atoms with Gasteiger partial charge in [-0.05, 0) is 92.2 Å². The SMILES string of the molecule is C[C@H](CCC(=O)OC1(c2ccccc2)CCCNCC1)[C@H]1CC[C@H]2[C@@H]3C(=O)C[C@@H]4CC(=O)CC[C@]4(C)[C@H]3CC(=O)[C@]12C. The van der Waals surface area contributed by atoms with E-state index < -0.39 is 11.0 Å². The average Bonchev–Trinajstić information content (AvgIpc) is 3.16. The molecule has 6 nitrogen and oxygen atoms in total. The maximum atomic E-state index is 14.1. The normalized spacial score (nSPS) is 40.8. The molecule has 0 aromatic heterocycles. The van der Waals surface area contributed by atoms with E-state index in [9.17, 15) is 19.2 Å². The van der Waals surface area contributed by atoms with E-state index in [1.54, 1.807) is 0 Å². The fourth-order valence-corrected chi connectivity index (χ4v) is 10.4. The highest BCUT2D eigenvalue weighted by Crippen LogP contribution is 2.66. The number of hydrogen-bond donors (Lipinski definition) is 1. The van der Waals surface area contributed by atoms with Crippen molar-refractivity contribution in [2.75, 3.05) is 13.1 Å². The Balaban J connectivity index is 1.15. The molecule has 0 radical (unpaired) electrons. The zero-order chi connectivity index (χ0) is 29.7. The number of ketones is 3. The van der Waals surface area contributed by atoms with Crippen molar-refractivity contribution >= 4 is 23.3 Å². The molecular weight excluding hydrogens is 526 g/mol. The minimum Gasteiger partial charge on any atom is -0.454 e. The second-order valence-electron chi connectivity index (χ2n) is 14.9. The minimum absolute atomic E-state index is 0.0645. The van der Waals surface area contributed by atoms with Crippen LogP contribution >= 0.6 is 0 Å². The van der Waals surface area contributed by atoms with Crippen LogP contribution in [-0.2, 0) is 29.5 Å². The Morgan fingerprint density at radius 1 is 0.976 bits per heavy atom. The van der Waals surface area contributed by atoms with E-state index in [0.29, 0.717) is 50.1 Å². The number of benzene rings is 1. The van der Waals surface area contributed by atoms with Gasteiger partial charge in [0.2, 0.25) is 0 Å². The summed E-state index contributed by atoms with van der Waals surface area (Å²) in [6, 6.07) is 10.2. The van der Waals surface area contributed by atoms with E-state index in [1.807, 2.05) is 18.2 Å². The van der Waals surface area contributed by atoms with E-state index in [-0.39, 0.29) is 52.7 Å². The van der Waals surface area contributed by atoms with E-state index >= 15 is 0 Å². The van der Waals surface area contributed by atoms with Crippen molar-refractivity contribution in [3.8, 4) is 0 Å². The summed E-state index contributed by atoms with van der Waals surface area (Å²) >= 11 is 0. The molecule has 0 amide bonds. The van der Waals surface area contributed by atoms with Gasteiger partial charge in [-0.25, -0.2) is 0 Å². The van der Waals surface area contributed by atoms with Gasteiger partial charge in [0.1, 0.15) is 23.0 Å². The van der Waals surface area contributed by atoms with E-state index in [1.165, 1.54) is 0 Å². The van der Waals surface area contributed by atoms with Crippen LogP contribution in [-0.4, -0.2) is 36.4 Å². The van der Waals surface area contributed by atoms with Crippen LogP contribution in [0.15, 0.2) is 30.3 Å².